The number of amides is 1. The van der Waals surface area contributed by atoms with E-state index >= 15 is 0 Å². The summed E-state index contributed by atoms with van der Waals surface area (Å²) in [5.74, 6) is -0.368. The normalized spacial score (nSPS) is 16.2. The van der Waals surface area contributed by atoms with Crippen molar-refractivity contribution in [3.63, 3.8) is 0 Å². The van der Waals surface area contributed by atoms with Gasteiger partial charge in [-0.25, -0.2) is 0 Å². The van der Waals surface area contributed by atoms with Crippen molar-refractivity contribution in [1.29, 1.82) is 0 Å². The van der Waals surface area contributed by atoms with Gasteiger partial charge in [0.2, 0.25) is 0 Å². The number of aryl methyl sites for hydroxylation is 2. The van der Waals surface area contributed by atoms with Crippen LogP contribution in [0.5, 0.6) is 0 Å². The fourth-order valence-corrected chi connectivity index (χ4v) is 4.25. The van der Waals surface area contributed by atoms with Gasteiger partial charge < -0.3 is 15.0 Å². The molecule has 1 amide bonds. The molecule has 2 aromatic rings. The van der Waals surface area contributed by atoms with E-state index < -0.39 is 5.54 Å². The smallest absolute Gasteiger partial charge is 0.263 e. The summed E-state index contributed by atoms with van der Waals surface area (Å²) in [4.78, 5) is 26.3. The Morgan fingerprint density at radius 1 is 1.18 bits per heavy atom. The lowest BCUT2D eigenvalue weighted by Gasteiger charge is -2.36. The van der Waals surface area contributed by atoms with E-state index in [9.17, 15) is 14.7 Å². The Labute approximate surface area is 166 Å². The van der Waals surface area contributed by atoms with Gasteiger partial charge in [0.05, 0.1) is 17.7 Å². The number of carbonyl (C=O) groups is 1. The predicted molar refractivity (Wildman–Crippen MR) is 113 cm³/mol. The van der Waals surface area contributed by atoms with E-state index in [4.69, 9.17) is 0 Å². The Hall–Kier alpha value is -2.14. The third-order valence-electron chi connectivity index (χ3n) is 5.97. The van der Waals surface area contributed by atoms with Crippen LogP contribution in [0.15, 0.2) is 29.1 Å². The maximum absolute atomic E-state index is 13.2. The molecule has 1 heterocycles. The highest BCUT2D eigenvalue weighted by atomic mass is 16.3. The molecule has 0 saturated heterocycles. The van der Waals surface area contributed by atoms with Crippen molar-refractivity contribution in [3.05, 3.63) is 45.7 Å². The summed E-state index contributed by atoms with van der Waals surface area (Å²) in [7, 11) is 0. The number of nitrogens with one attached hydrogen (secondary N) is 1. The van der Waals surface area contributed by atoms with E-state index in [1.807, 2.05) is 25.1 Å². The second-order valence-electron chi connectivity index (χ2n) is 8.24. The number of rotatable bonds is 7. The predicted octanol–water partition coefficient (Wildman–Crippen LogP) is 3.93. The first-order valence-corrected chi connectivity index (χ1v) is 10.6. The molecule has 1 aliphatic rings. The summed E-state index contributed by atoms with van der Waals surface area (Å²) in [5, 5.41) is 13.8. The molecule has 152 valence electrons. The molecule has 2 N–H and O–H groups in total. The van der Waals surface area contributed by atoms with Crippen molar-refractivity contribution in [1.82, 2.24) is 9.88 Å². The molecule has 0 bridgehead atoms. The Kier molecular flexibility index (Phi) is 6.55. The van der Waals surface area contributed by atoms with Gasteiger partial charge in [0.15, 0.2) is 0 Å². The van der Waals surface area contributed by atoms with Crippen LogP contribution >= 0.6 is 0 Å². The standard InChI is InChI=1S/C23H32N2O3/c1-3-4-8-13-25-20-14-17(2)9-10-18(20)15-19(22(25)28)21(27)24-23(16-26)11-6-5-7-12-23/h9-10,14-15,26H,3-8,11-13,16H2,1-2H3,(H,24,27). The highest BCUT2D eigenvalue weighted by Crippen LogP contribution is 2.28. The van der Waals surface area contributed by atoms with E-state index in [-0.39, 0.29) is 23.6 Å². The van der Waals surface area contributed by atoms with Gasteiger partial charge in [-0.15, -0.1) is 0 Å². The molecule has 3 rings (SSSR count). The van der Waals surface area contributed by atoms with Crippen LogP contribution in [0.4, 0.5) is 0 Å². The Bertz CT molecular complexity index is 895. The molecule has 0 atom stereocenters. The second kappa shape index (κ2) is 8.91. The van der Waals surface area contributed by atoms with Gasteiger partial charge in [0, 0.05) is 6.54 Å². The Morgan fingerprint density at radius 3 is 2.61 bits per heavy atom. The third-order valence-corrected chi connectivity index (χ3v) is 5.97. The average Bonchev–Trinajstić information content (AvgIpc) is 2.70. The van der Waals surface area contributed by atoms with Crippen LogP contribution in [0.2, 0.25) is 0 Å². The minimum atomic E-state index is -0.600. The van der Waals surface area contributed by atoms with Crippen LogP contribution in [0.3, 0.4) is 0 Å². The summed E-state index contributed by atoms with van der Waals surface area (Å²) in [6.45, 7) is 4.66. The molecule has 0 radical (unpaired) electrons. The topological polar surface area (TPSA) is 71.3 Å². The molecule has 5 nitrogen and oxygen atoms in total. The molecule has 1 fully saturated rings. The van der Waals surface area contributed by atoms with Gasteiger partial charge in [-0.1, -0.05) is 51.2 Å². The number of fused-ring (bicyclic) bond motifs is 1. The van der Waals surface area contributed by atoms with Crippen molar-refractivity contribution >= 4 is 16.8 Å². The van der Waals surface area contributed by atoms with Crippen LogP contribution in [-0.2, 0) is 6.54 Å². The number of unbranched alkanes of at least 4 members (excludes halogenated alkanes) is 2. The van der Waals surface area contributed by atoms with Gasteiger partial charge in [0.25, 0.3) is 11.5 Å². The summed E-state index contributed by atoms with van der Waals surface area (Å²) >= 11 is 0. The van der Waals surface area contributed by atoms with Crippen molar-refractivity contribution in [2.45, 2.75) is 77.3 Å². The number of pyridine rings is 1. The largest absolute Gasteiger partial charge is 0.394 e. The zero-order chi connectivity index (χ0) is 20.1. The zero-order valence-electron chi connectivity index (χ0n) is 17.1. The zero-order valence-corrected chi connectivity index (χ0v) is 17.1. The van der Waals surface area contributed by atoms with Gasteiger partial charge in [-0.05, 0) is 49.3 Å². The van der Waals surface area contributed by atoms with Gasteiger partial charge in [-0.3, -0.25) is 9.59 Å². The molecular formula is C23H32N2O3. The average molecular weight is 385 g/mol. The van der Waals surface area contributed by atoms with Crippen molar-refractivity contribution < 1.29 is 9.90 Å². The van der Waals surface area contributed by atoms with Crippen LogP contribution in [-0.4, -0.2) is 27.7 Å². The number of nitrogens with zero attached hydrogens (tertiary/aromatic N) is 1. The molecular weight excluding hydrogens is 352 g/mol. The summed E-state index contributed by atoms with van der Waals surface area (Å²) in [6, 6.07) is 7.69. The molecule has 0 unspecified atom stereocenters. The lowest BCUT2D eigenvalue weighted by atomic mass is 9.82. The second-order valence-corrected chi connectivity index (χ2v) is 8.24. The number of aromatic nitrogens is 1. The number of aliphatic hydroxyl groups excluding tert-OH is 1. The molecule has 0 spiro atoms. The molecule has 28 heavy (non-hydrogen) atoms. The summed E-state index contributed by atoms with van der Waals surface area (Å²) < 4.78 is 1.75. The number of aliphatic hydroxyl groups is 1. The van der Waals surface area contributed by atoms with Crippen LogP contribution < -0.4 is 10.9 Å². The fourth-order valence-electron chi connectivity index (χ4n) is 4.25. The highest BCUT2D eigenvalue weighted by Gasteiger charge is 2.34. The molecule has 5 heteroatoms. The first kappa shape index (κ1) is 20.6. The van der Waals surface area contributed by atoms with Crippen molar-refractivity contribution in [2.75, 3.05) is 6.61 Å². The molecule has 1 aromatic carbocycles. The minimum absolute atomic E-state index is 0.0871. The van der Waals surface area contributed by atoms with E-state index in [0.29, 0.717) is 6.54 Å². The maximum Gasteiger partial charge on any atom is 0.263 e. The van der Waals surface area contributed by atoms with E-state index in [0.717, 1.165) is 67.8 Å². The van der Waals surface area contributed by atoms with Crippen LogP contribution in [0, 0.1) is 6.92 Å². The quantitative estimate of drug-likeness (QED) is 0.711. The molecule has 1 aliphatic carbocycles. The number of carbonyl (C=O) groups excluding carboxylic acids is 1. The lowest BCUT2D eigenvalue weighted by Crippen LogP contribution is -2.53. The maximum atomic E-state index is 13.2. The first-order valence-electron chi connectivity index (χ1n) is 10.6. The van der Waals surface area contributed by atoms with Crippen LogP contribution in [0.25, 0.3) is 10.9 Å². The summed E-state index contributed by atoms with van der Waals surface area (Å²) in [6.07, 6.45) is 7.63. The lowest BCUT2D eigenvalue weighted by molar-refractivity contribution is 0.0757. The minimum Gasteiger partial charge on any atom is -0.394 e. The van der Waals surface area contributed by atoms with Crippen LogP contribution in [0.1, 0.15) is 74.2 Å². The van der Waals surface area contributed by atoms with Gasteiger partial charge in [0.1, 0.15) is 5.56 Å². The van der Waals surface area contributed by atoms with Crippen molar-refractivity contribution in [2.24, 2.45) is 0 Å². The van der Waals surface area contributed by atoms with E-state index in [1.165, 1.54) is 0 Å². The molecule has 1 aromatic heterocycles. The summed E-state index contributed by atoms with van der Waals surface area (Å²) in [5.41, 5.74) is 1.31. The number of hydrogen-bond acceptors (Lipinski definition) is 3. The van der Waals surface area contributed by atoms with Crippen molar-refractivity contribution in [3.8, 4) is 0 Å². The van der Waals surface area contributed by atoms with Gasteiger partial charge >= 0.3 is 0 Å². The molecule has 1 saturated carbocycles. The first-order chi connectivity index (χ1) is 13.5. The SMILES string of the molecule is CCCCCn1c(=O)c(C(=O)NC2(CO)CCCCC2)cc2ccc(C)cc21. The Balaban J connectivity index is 2.00. The molecule has 0 aliphatic heterocycles. The van der Waals surface area contributed by atoms with E-state index in [1.54, 1.807) is 10.6 Å². The highest BCUT2D eigenvalue weighted by molar-refractivity contribution is 5.97. The van der Waals surface area contributed by atoms with Gasteiger partial charge in [-0.2, -0.15) is 0 Å². The third kappa shape index (κ3) is 4.30. The Morgan fingerprint density at radius 2 is 1.93 bits per heavy atom. The number of benzene rings is 1. The fraction of sp³-hybridized carbons (Fsp3) is 0.565. The van der Waals surface area contributed by atoms with E-state index in [2.05, 4.69) is 12.2 Å². The number of hydrogen-bond donors (Lipinski definition) is 2. The monoisotopic (exact) mass is 384 g/mol.